The molecule has 310 valence electrons. The van der Waals surface area contributed by atoms with Crippen LogP contribution in [-0.2, 0) is 18.7 Å². The fourth-order valence-corrected chi connectivity index (χ4v) is 14.4. The molecule has 2 saturated heterocycles. The summed E-state index contributed by atoms with van der Waals surface area (Å²) in [6.45, 7) is 6.80. The minimum atomic E-state index is -3.08. The lowest BCUT2D eigenvalue weighted by atomic mass is 9.58. The molecule has 2 fully saturated rings. The SMILES string of the molecule is CC(C)(C)[Si](OCC1=C2[C@@H](CC/C(=C/c3ccc(O)cc3)c3ccccc3)OB(O)C[C@@H]2[C@@H]2C(=O)N(c3cccc([N+](=O)[O-])c3)C(=O)[C@@H]2C1)(c1ccccc1)c1ccccc1. The number of anilines is 1. The maximum atomic E-state index is 14.6. The number of non-ortho nitro benzene ring substituents is 1. The Bertz CT molecular complexity index is 2430. The Morgan fingerprint density at radius 3 is 2.10 bits per heavy atom. The van der Waals surface area contributed by atoms with Crippen LogP contribution in [0.4, 0.5) is 11.4 Å². The standard InChI is InChI=1S/C49H49BN2O8Si/c1-49(2,3)61(40-18-9-5-10-19-40,41-20-11-6-12-21-41)59-32-36-29-42-46(48(55)51(47(42)54)37-16-13-17-38(30-37)52(57)58)43-31-50(56)60-44(45(36)43)27-24-35(34-14-7-4-8-15-34)28-33-22-25-39(53)26-23-33/h4-23,25-26,28,30,42-44,46,53,56H,24,27,29,31-32H2,1-3H3/b35-28-/t42-,43+,44-,46-/m1/s1. The number of imide groups is 1. The van der Waals surface area contributed by atoms with Gasteiger partial charge in [-0.1, -0.05) is 136 Å². The van der Waals surface area contributed by atoms with Crippen molar-refractivity contribution in [2.24, 2.45) is 17.8 Å². The van der Waals surface area contributed by atoms with Gasteiger partial charge >= 0.3 is 7.12 Å². The Labute approximate surface area is 357 Å². The zero-order chi connectivity index (χ0) is 42.9. The first-order chi connectivity index (χ1) is 29.4. The molecule has 5 aromatic rings. The number of benzene rings is 5. The second-order valence-corrected chi connectivity index (χ2v) is 21.5. The van der Waals surface area contributed by atoms with Crippen molar-refractivity contribution < 1.29 is 33.7 Å². The minimum absolute atomic E-state index is 0.104. The van der Waals surface area contributed by atoms with E-state index in [0.717, 1.165) is 43.1 Å². The van der Waals surface area contributed by atoms with E-state index in [2.05, 4.69) is 51.1 Å². The number of hydrogen-bond donors (Lipinski definition) is 2. The Hall–Kier alpha value is -5.92. The van der Waals surface area contributed by atoms with E-state index in [4.69, 9.17) is 9.08 Å². The van der Waals surface area contributed by atoms with E-state index in [9.17, 15) is 29.8 Å². The molecule has 4 atom stereocenters. The average Bonchev–Trinajstić information content (AvgIpc) is 3.51. The normalized spacial score (nSPS) is 20.8. The van der Waals surface area contributed by atoms with Gasteiger partial charge in [0.1, 0.15) is 5.75 Å². The van der Waals surface area contributed by atoms with Crippen molar-refractivity contribution in [2.45, 2.75) is 57.5 Å². The fraction of sp³-hybridized carbons (Fsp3) is 0.265. The van der Waals surface area contributed by atoms with E-state index >= 15 is 0 Å². The molecule has 10 nitrogen and oxygen atoms in total. The number of hydrogen-bond acceptors (Lipinski definition) is 8. The van der Waals surface area contributed by atoms with Crippen molar-refractivity contribution in [3.63, 3.8) is 0 Å². The fourth-order valence-electron chi connectivity index (χ4n) is 9.86. The summed E-state index contributed by atoms with van der Waals surface area (Å²) in [5, 5.41) is 35.1. The highest BCUT2D eigenvalue weighted by Crippen LogP contribution is 2.52. The number of amides is 2. The maximum Gasteiger partial charge on any atom is 0.455 e. The highest BCUT2D eigenvalue weighted by atomic mass is 28.4. The summed E-state index contributed by atoms with van der Waals surface area (Å²) in [5.41, 5.74) is 4.64. The largest absolute Gasteiger partial charge is 0.508 e. The number of rotatable bonds is 12. The number of nitro groups is 1. The first kappa shape index (κ1) is 41.8. The van der Waals surface area contributed by atoms with Gasteiger partial charge in [-0.25, -0.2) is 4.90 Å². The van der Waals surface area contributed by atoms with Crippen molar-refractivity contribution in [3.8, 4) is 5.75 Å². The molecular formula is C49H49BN2O8Si. The molecule has 2 heterocycles. The summed E-state index contributed by atoms with van der Waals surface area (Å²) in [7, 11) is -4.28. The summed E-state index contributed by atoms with van der Waals surface area (Å²) in [5.74, 6) is -2.80. The van der Waals surface area contributed by atoms with Gasteiger partial charge in [-0.15, -0.1) is 0 Å². The van der Waals surface area contributed by atoms with Gasteiger partial charge in [0.15, 0.2) is 0 Å². The lowest BCUT2D eigenvalue weighted by Gasteiger charge is -2.46. The molecule has 8 rings (SSSR count). The second-order valence-electron chi connectivity index (χ2n) is 17.2. The van der Waals surface area contributed by atoms with Crippen molar-refractivity contribution in [3.05, 3.63) is 172 Å². The number of aromatic hydroxyl groups is 1. The van der Waals surface area contributed by atoms with Crippen LogP contribution in [0.1, 0.15) is 51.2 Å². The molecule has 2 amide bonds. The predicted octanol–water partition coefficient (Wildman–Crippen LogP) is 8.20. The van der Waals surface area contributed by atoms with Crippen LogP contribution in [0.5, 0.6) is 5.75 Å². The first-order valence-electron chi connectivity index (χ1n) is 20.8. The molecule has 5 aromatic carbocycles. The maximum absolute atomic E-state index is 14.6. The third-order valence-electron chi connectivity index (χ3n) is 12.5. The van der Waals surface area contributed by atoms with Crippen molar-refractivity contribution in [1.29, 1.82) is 0 Å². The van der Waals surface area contributed by atoms with Gasteiger partial charge < -0.3 is 19.2 Å². The molecule has 2 aliphatic heterocycles. The van der Waals surface area contributed by atoms with Crippen LogP contribution in [0, 0.1) is 27.9 Å². The second kappa shape index (κ2) is 17.2. The van der Waals surface area contributed by atoms with E-state index < -0.39 is 56.0 Å². The number of nitrogens with zero attached hydrogens (tertiary/aromatic N) is 2. The summed E-state index contributed by atoms with van der Waals surface area (Å²) in [6.07, 6.45) is 2.80. The number of allylic oxidation sites excluding steroid dienone is 1. The Morgan fingerprint density at radius 1 is 0.869 bits per heavy atom. The Kier molecular flexibility index (Phi) is 11.8. The third-order valence-corrected chi connectivity index (χ3v) is 17.5. The summed E-state index contributed by atoms with van der Waals surface area (Å²) in [6, 6.07) is 43.3. The zero-order valence-corrected chi connectivity index (χ0v) is 35.5. The molecule has 61 heavy (non-hydrogen) atoms. The summed E-state index contributed by atoms with van der Waals surface area (Å²) in [4.78, 5) is 41.5. The molecule has 0 bridgehead atoms. The molecule has 0 spiro atoms. The molecule has 0 radical (unpaired) electrons. The molecule has 0 aromatic heterocycles. The number of phenolic OH excluding ortho intramolecular Hbond substituents is 1. The van der Waals surface area contributed by atoms with Crippen LogP contribution in [0.25, 0.3) is 11.6 Å². The van der Waals surface area contributed by atoms with Gasteiger partial charge in [-0.2, -0.15) is 0 Å². The van der Waals surface area contributed by atoms with E-state index in [1.54, 1.807) is 18.2 Å². The molecule has 2 N–H and O–H groups in total. The van der Waals surface area contributed by atoms with Crippen molar-refractivity contribution in [1.82, 2.24) is 0 Å². The highest BCUT2D eigenvalue weighted by molar-refractivity contribution is 6.99. The van der Waals surface area contributed by atoms with Gasteiger partial charge in [0.05, 0.1) is 35.2 Å². The topological polar surface area (TPSA) is 139 Å². The van der Waals surface area contributed by atoms with Gasteiger partial charge in [-0.3, -0.25) is 19.7 Å². The van der Waals surface area contributed by atoms with Crippen molar-refractivity contribution in [2.75, 3.05) is 11.5 Å². The average molecular weight is 833 g/mol. The van der Waals surface area contributed by atoms with E-state index in [-0.39, 0.29) is 41.5 Å². The van der Waals surface area contributed by atoms with Crippen LogP contribution in [0.2, 0.25) is 11.4 Å². The number of carbonyl (C=O) groups is 2. The number of phenols is 1. The van der Waals surface area contributed by atoms with Crippen LogP contribution < -0.4 is 15.3 Å². The highest BCUT2D eigenvalue weighted by Gasteiger charge is 2.58. The predicted molar refractivity (Wildman–Crippen MR) is 241 cm³/mol. The minimum Gasteiger partial charge on any atom is -0.508 e. The van der Waals surface area contributed by atoms with Crippen LogP contribution in [0.3, 0.4) is 0 Å². The first-order valence-corrected chi connectivity index (χ1v) is 22.7. The van der Waals surface area contributed by atoms with Crippen LogP contribution in [-0.4, -0.2) is 55.0 Å². The number of nitro benzene ring substituents is 1. The molecule has 3 aliphatic rings. The van der Waals surface area contributed by atoms with Gasteiger partial charge in [0, 0.05) is 12.1 Å². The van der Waals surface area contributed by atoms with E-state index in [0.29, 0.717) is 12.8 Å². The molecule has 0 saturated carbocycles. The smallest absolute Gasteiger partial charge is 0.455 e. The zero-order valence-electron chi connectivity index (χ0n) is 34.5. The van der Waals surface area contributed by atoms with Gasteiger partial charge in [0.2, 0.25) is 11.8 Å². The van der Waals surface area contributed by atoms with Gasteiger partial charge in [-0.05, 0) is 93.0 Å². The molecule has 1 aliphatic carbocycles. The lowest BCUT2D eigenvalue weighted by molar-refractivity contribution is -0.384. The number of carbonyl (C=O) groups excluding carboxylic acids is 2. The van der Waals surface area contributed by atoms with E-state index in [1.807, 2.05) is 78.9 Å². The van der Waals surface area contributed by atoms with Crippen LogP contribution >= 0.6 is 0 Å². The lowest BCUT2D eigenvalue weighted by Crippen LogP contribution is -2.66. The number of fused-ring (bicyclic) bond motifs is 3. The molecular weight excluding hydrogens is 783 g/mol. The van der Waals surface area contributed by atoms with E-state index in [1.165, 1.54) is 18.2 Å². The molecule has 0 unspecified atom stereocenters. The van der Waals surface area contributed by atoms with Gasteiger partial charge in [0.25, 0.3) is 14.0 Å². The Morgan fingerprint density at radius 2 is 1.49 bits per heavy atom. The third kappa shape index (κ3) is 8.16. The van der Waals surface area contributed by atoms with Crippen molar-refractivity contribution >= 4 is 60.6 Å². The molecule has 12 heteroatoms. The van der Waals surface area contributed by atoms with Crippen LogP contribution in [0.15, 0.2) is 151 Å². The summed E-state index contributed by atoms with van der Waals surface area (Å²) < 4.78 is 14.0. The summed E-state index contributed by atoms with van der Waals surface area (Å²) >= 11 is 0. The quantitative estimate of drug-likeness (QED) is 0.0321. The Balaban J connectivity index is 1.23. The monoisotopic (exact) mass is 832 g/mol.